The lowest BCUT2D eigenvalue weighted by Gasteiger charge is -2.26. The zero-order valence-corrected chi connectivity index (χ0v) is 9.84. The molecule has 0 bridgehead atoms. The van der Waals surface area contributed by atoms with Gasteiger partial charge >= 0.3 is 0 Å². The van der Waals surface area contributed by atoms with Crippen molar-refractivity contribution in [1.29, 1.82) is 0 Å². The van der Waals surface area contributed by atoms with Gasteiger partial charge in [0.1, 0.15) is 5.82 Å². The molecule has 2 N–H and O–H groups in total. The zero-order chi connectivity index (χ0) is 11.0. The monoisotopic (exact) mass is 231 g/mol. The second-order valence-electron chi connectivity index (χ2n) is 4.00. The quantitative estimate of drug-likeness (QED) is 0.792. The van der Waals surface area contributed by atoms with Gasteiger partial charge in [0.15, 0.2) is 0 Å². The molecule has 2 aromatic heterocycles. The van der Waals surface area contributed by atoms with Crippen LogP contribution in [0.5, 0.6) is 0 Å². The van der Waals surface area contributed by atoms with E-state index >= 15 is 0 Å². The number of pyridine rings is 1. The SMILES string of the molecule is Cc1cnc2c(c1)NCC(c1cccs1)N2. The Hall–Kier alpha value is -1.55. The molecule has 0 aromatic carbocycles. The summed E-state index contributed by atoms with van der Waals surface area (Å²) < 4.78 is 0. The topological polar surface area (TPSA) is 37.0 Å². The minimum Gasteiger partial charge on any atom is -0.380 e. The maximum absolute atomic E-state index is 4.41. The summed E-state index contributed by atoms with van der Waals surface area (Å²) in [7, 11) is 0. The second kappa shape index (κ2) is 3.79. The van der Waals surface area contributed by atoms with Gasteiger partial charge in [-0.25, -0.2) is 4.98 Å². The van der Waals surface area contributed by atoms with E-state index in [0.717, 1.165) is 18.1 Å². The second-order valence-corrected chi connectivity index (χ2v) is 4.98. The highest BCUT2D eigenvalue weighted by Crippen LogP contribution is 2.31. The molecule has 0 spiro atoms. The van der Waals surface area contributed by atoms with E-state index in [1.807, 2.05) is 6.20 Å². The fourth-order valence-corrected chi connectivity index (χ4v) is 2.69. The summed E-state index contributed by atoms with van der Waals surface area (Å²) in [6.45, 7) is 2.97. The van der Waals surface area contributed by atoms with Crippen molar-refractivity contribution in [3.05, 3.63) is 40.2 Å². The van der Waals surface area contributed by atoms with Gasteiger partial charge in [-0.1, -0.05) is 6.07 Å². The maximum atomic E-state index is 4.41. The van der Waals surface area contributed by atoms with Crippen molar-refractivity contribution in [3.8, 4) is 0 Å². The van der Waals surface area contributed by atoms with Gasteiger partial charge < -0.3 is 10.6 Å². The fraction of sp³-hybridized carbons (Fsp3) is 0.250. The molecule has 0 radical (unpaired) electrons. The number of hydrogen-bond donors (Lipinski definition) is 2. The van der Waals surface area contributed by atoms with Gasteiger partial charge in [0.2, 0.25) is 0 Å². The van der Waals surface area contributed by atoms with Crippen molar-refractivity contribution in [2.24, 2.45) is 0 Å². The molecule has 3 rings (SSSR count). The predicted octanol–water partition coefficient (Wildman–Crippen LogP) is 3.03. The Morgan fingerprint density at radius 1 is 1.50 bits per heavy atom. The Morgan fingerprint density at radius 2 is 2.44 bits per heavy atom. The summed E-state index contributed by atoms with van der Waals surface area (Å²) in [5.41, 5.74) is 2.29. The number of nitrogens with zero attached hydrogens (tertiary/aromatic N) is 1. The third-order valence-electron chi connectivity index (χ3n) is 2.72. The van der Waals surface area contributed by atoms with Crippen LogP contribution in [-0.4, -0.2) is 11.5 Å². The van der Waals surface area contributed by atoms with Crippen molar-refractivity contribution in [1.82, 2.24) is 4.98 Å². The Labute approximate surface area is 98.5 Å². The average molecular weight is 231 g/mol. The van der Waals surface area contributed by atoms with E-state index < -0.39 is 0 Å². The number of aromatic nitrogens is 1. The lowest BCUT2D eigenvalue weighted by Crippen LogP contribution is -2.25. The maximum Gasteiger partial charge on any atom is 0.149 e. The number of anilines is 2. The van der Waals surface area contributed by atoms with Crippen LogP contribution in [0.3, 0.4) is 0 Å². The molecule has 4 heteroatoms. The molecule has 0 fully saturated rings. The van der Waals surface area contributed by atoms with Crippen molar-refractivity contribution in [3.63, 3.8) is 0 Å². The molecule has 3 nitrogen and oxygen atoms in total. The number of fused-ring (bicyclic) bond motifs is 1. The van der Waals surface area contributed by atoms with E-state index in [1.165, 1.54) is 10.4 Å². The molecule has 82 valence electrons. The molecule has 0 amide bonds. The molecule has 16 heavy (non-hydrogen) atoms. The predicted molar refractivity (Wildman–Crippen MR) is 68.1 cm³/mol. The molecular formula is C12H13N3S. The van der Waals surface area contributed by atoms with Gasteiger partial charge in [0.05, 0.1) is 11.7 Å². The summed E-state index contributed by atoms with van der Waals surface area (Å²) >= 11 is 1.78. The van der Waals surface area contributed by atoms with Crippen molar-refractivity contribution in [2.75, 3.05) is 17.2 Å². The summed E-state index contributed by atoms with van der Waals surface area (Å²) in [5, 5.41) is 8.99. The molecule has 0 aliphatic carbocycles. The van der Waals surface area contributed by atoms with Crippen LogP contribution in [0, 0.1) is 6.92 Å². The lowest BCUT2D eigenvalue weighted by molar-refractivity contribution is 0.809. The van der Waals surface area contributed by atoms with E-state index in [0.29, 0.717) is 6.04 Å². The van der Waals surface area contributed by atoms with Gasteiger partial charge in [0.25, 0.3) is 0 Å². The summed E-state index contributed by atoms with van der Waals surface area (Å²) in [6.07, 6.45) is 1.89. The smallest absolute Gasteiger partial charge is 0.149 e. The molecule has 0 saturated carbocycles. The van der Waals surface area contributed by atoms with Gasteiger partial charge in [-0.15, -0.1) is 11.3 Å². The minimum atomic E-state index is 0.336. The summed E-state index contributed by atoms with van der Waals surface area (Å²) in [4.78, 5) is 5.76. The first kappa shape index (κ1) is 9.66. The molecular weight excluding hydrogens is 218 g/mol. The fourth-order valence-electron chi connectivity index (χ4n) is 1.91. The van der Waals surface area contributed by atoms with Crippen molar-refractivity contribution in [2.45, 2.75) is 13.0 Å². The Morgan fingerprint density at radius 3 is 3.25 bits per heavy atom. The number of nitrogens with one attached hydrogen (secondary N) is 2. The highest BCUT2D eigenvalue weighted by atomic mass is 32.1. The van der Waals surface area contributed by atoms with E-state index in [9.17, 15) is 0 Å². The van der Waals surface area contributed by atoms with Crippen LogP contribution in [0.4, 0.5) is 11.5 Å². The number of aryl methyl sites for hydroxylation is 1. The van der Waals surface area contributed by atoms with Gasteiger partial charge in [-0.3, -0.25) is 0 Å². The van der Waals surface area contributed by atoms with Crippen LogP contribution in [0.2, 0.25) is 0 Å². The normalized spacial score (nSPS) is 18.4. The van der Waals surface area contributed by atoms with Crippen LogP contribution in [0.1, 0.15) is 16.5 Å². The highest BCUT2D eigenvalue weighted by molar-refractivity contribution is 7.10. The summed E-state index contributed by atoms with van der Waals surface area (Å²) in [5.74, 6) is 0.954. The van der Waals surface area contributed by atoms with E-state index in [4.69, 9.17) is 0 Å². The Kier molecular flexibility index (Phi) is 2.29. The van der Waals surface area contributed by atoms with Crippen molar-refractivity contribution < 1.29 is 0 Å². The number of hydrogen-bond acceptors (Lipinski definition) is 4. The van der Waals surface area contributed by atoms with Crippen LogP contribution >= 0.6 is 11.3 Å². The Balaban J connectivity index is 1.89. The molecule has 3 heterocycles. The molecule has 1 aliphatic heterocycles. The van der Waals surface area contributed by atoms with E-state index in [2.05, 4.69) is 46.1 Å². The van der Waals surface area contributed by atoms with Gasteiger partial charge in [0, 0.05) is 17.6 Å². The van der Waals surface area contributed by atoms with Crippen LogP contribution in [-0.2, 0) is 0 Å². The standard InChI is InChI=1S/C12H13N3S/c1-8-5-9-12(14-6-8)15-10(7-13-9)11-3-2-4-16-11/h2-6,10,13H,7H2,1H3,(H,14,15). The molecule has 1 unspecified atom stereocenters. The van der Waals surface area contributed by atoms with Crippen molar-refractivity contribution >= 4 is 22.8 Å². The molecule has 0 saturated heterocycles. The van der Waals surface area contributed by atoms with Gasteiger partial charge in [-0.05, 0) is 30.0 Å². The highest BCUT2D eigenvalue weighted by Gasteiger charge is 2.19. The first-order chi connectivity index (χ1) is 7.83. The third kappa shape index (κ3) is 1.65. The molecule has 1 atom stereocenters. The van der Waals surface area contributed by atoms with Crippen LogP contribution in [0.15, 0.2) is 29.8 Å². The minimum absolute atomic E-state index is 0.336. The number of thiophene rings is 1. The largest absolute Gasteiger partial charge is 0.380 e. The molecule has 2 aromatic rings. The first-order valence-electron chi connectivity index (χ1n) is 5.33. The first-order valence-corrected chi connectivity index (χ1v) is 6.21. The van der Waals surface area contributed by atoms with Crippen LogP contribution < -0.4 is 10.6 Å². The average Bonchev–Trinajstić information content (AvgIpc) is 2.82. The lowest BCUT2D eigenvalue weighted by atomic mass is 10.1. The number of rotatable bonds is 1. The summed E-state index contributed by atoms with van der Waals surface area (Å²) in [6, 6.07) is 6.70. The Bertz CT molecular complexity index is 493. The van der Waals surface area contributed by atoms with E-state index in [-0.39, 0.29) is 0 Å². The van der Waals surface area contributed by atoms with E-state index in [1.54, 1.807) is 11.3 Å². The third-order valence-corrected chi connectivity index (χ3v) is 3.70. The molecule has 1 aliphatic rings. The zero-order valence-electron chi connectivity index (χ0n) is 9.03. The van der Waals surface area contributed by atoms with Gasteiger partial charge in [-0.2, -0.15) is 0 Å². The van der Waals surface area contributed by atoms with Crippen LogP contribution in [0.25, 0.3) is 0 Å².